The fraction of sp³-hybridized carbons (Fsp3) is 0.188. The summed E-state index contributed by atoms with van der Waals surface area (Å²) in [6, 6.07) is 5.90. The van der Waals surface area contributed by atoms with E-state index in [1.807, 2.05) is 0 Å². The molecule has 0 spiro atoms. The van der Waals surface area contributed by atoms with E-state index in [4.69, 9.17) is 10.00 Å². The van der Waals surface area contributed by atoms with Gasteiger partial charge in [-0.25, -0.2) is 17.6 Å². The lowest BCUT2D eigenvalue weighted by Gasteiger charge is -2.16. The highest BCUT2D eigenvalue weighted by atomic mass is 32.2. The molecular weight excluding hydrogens is 384 g/mol. The molecule has 0 aromatic heterocycles. The minimum Gasteiger partial charge on any atom is -0.607 e. The van der Waals surface area contributed by atoms with Crippen molar-refractivity contribution in [2.45, 2.75) is 22.7 Å². The lowest BCUT2D eigenvalue weighted by molar-refractivity contribution is 0.0102. The number of alkyl halides is 5. The van der Waals surface area contributed by atoms with Crippen LogP contribution in [0.3, 0.4) is 0 Å². The number of nitrogens with zero attached hydrogens (tertiary/aromatic N) is 1. The molecule has 1 heterocycles. The van der Waals surface area contributed by atoms with Crippen molar-refractivity contribution in [1.82, 2.24) is 0 Å². The number of hydrogen-bond donors (Lipinski definition) is 0. The zero-order chi connectivity index (χ0) is 19.2. The van der Waals surface area contributed by atoms with E-state index in [9.17, 15) is 30.9 Å². The van der Waals surface area contributed by atoms with Crippen LogP contribution in [0, 0.1) is 17.1 Å². The molecule has 0 fully saturated rings. The van der Waals surface area contributed by atoms with Gasteiger partial charge in [-0.2, -0.15) is 14.0 Å². The Morgan fingerprint density at radius 3 is 2.54 bits per heavy atom. The van der Waals surface area contributed by atoms with E-state index in [0.717, 1.165) is 30.3 Å². The van der Waals surface area contributed by atoms with E-state index in [1.165, 1.54) is 0 Å². The molecule has 26 heavy (non-hydrogen) atoms. The van der Waals surface area contributed by atoms with E-state index in [0.29, 0.717) is 0 Å². The summed E-state index contributed by atoms with van der Waals surface area (Å²) in [6.07, 6.45) is -6.40. The molecule has 2 aromatic carbocycles. The number of benzene rings is 2. The van der Waals surface area contributed by atoms with E-state index >= 15 is 0 Å². The molecular formula is C16H7F6NO2S. The highest BCUT2D eigenvalue weighted by Gasteiger charge is 2.63. The minimum absolute atomic E-state index is 0.168. The molecule has 0 bridgehead atoms. The average molecular weight is 391 g/mol. The molecule has 136 valence electrons. The number of fused-ring (bicyclic) bond motifs is 1. The van der Waals surface area contributed by atoms with E-state index in [-0.39, 0.29) is 11.3 Å². The fourth-order valence-corrected chi connectivity index (χ4v) is 3.89. The first-order valence-electron chi connectivity index (χ1n) is 6.94. The Kier molecular flexibility index (Phi) is 4.54. The molecule has 0 aliphatic carbocycles. The Bertz CT molecular complexity index is 914. The molecule has 0 radical (unpaired) electrons. The van der Waals surface area contributed by atoms with Crippen LogP contribution in [0.5, 0.6) is 11.5 Å². The van der Waals surface area contributed by atoms with Gasteiger partial charge in [0.1, 0.15) is 22.9 Å². The second kappa shape index (κ2) is 6.41. The predicted octanol–water partition coefficient (Wildman–Crippen LogP) is 5.15. The molecule has 0 N–H and O–H groups in total. The van der Waals surface area contributed by atoms with Crippen LogP contribution in [0.25, 0.3) is 0 Å². The van der Waals surface area contributed by atoms with Crippen molar-refractivity contribution in [3.05, 3.63) is 52.8 Å². The zero-order valence-corrected chi connectivity index (χ0v) is 13.3. The van der Waals surface area contributed by atoms with Gasteiger partial charge in [0.25, 0.3) is 6.43 Å². The first-order valence-corrected chi connectivity index (χ1v) is 8.09. The third kappa shape index (κ3) is 2.87. The number of ether oxygens (including phenoxy) is 1. The molecule has 3 nitrogen and oxygen atoms in total. The van der Waals surface area contributed by atoms with Crippen molar-refractivity contribution in [3.8, 4) is 17.6 Å². The molecule has 3 rings (SSSR count). The maximum Gasteiger partial charge on any atom is 0.447 e. The topological polar surface area (TPSA) is 56.1 Å². The van der Waals surface area contributed by atoms with Crippen molar-refractivity contribution in [1.29, 1.82) is 5.26 Å². The first-order chi connectivity index (χ1) is 12.2. The summed E-state index contributed by atoms with van der Waals surface area (Å²) in [5, 5.41) is 4.44. The van der Waals surface area contributed by atoms with Gasteiger partial charge in [-0.15, -0.1) is 0 Å². The number of hydrogen-bond acceptors (Lipinski definition) is 3. The van der Waals surface area contributed by atoms with Crippen LogP contribution in [0.1, 0.15) is 29.3 Å². The zero-order valence-electron chi connectivity index (χ0n) is 12.5. The van der Waals surface area contributed by atoms with Crippen LogP contribution in [0.2, 0.25) is 0 Å². The molecule has 2 atom stereocenters. The van der Waals surface area contributed by atoms with E-state index in [2.05, 4.69) is 0 Å². The Morgan fingerprint density at radius 1 is 1.23 bits per heavy atom. The van der Waals surface area contributed by atoms with Gasteiger partial charge < -0.3 is 9.29 Å². The molecule has 10 heteroatoms. The maximum atomic E-state index is 13.8. The van der Waals surface area contributed by atoms with Gasteiger partial charge in [-0.3, -0.25) is 0 Å². The van der Waals surface area contributed by atoms with Gasteiger partial charge in [0.15, 0.2) is 4.90 Å². The summed E-state index contributed by atoms with van der Waals surface area (Å²) < 4.78 is 98.3. The summed E-state index contributed by atoms with van der Waals surface area (Å²) in [7, 11) is 0. The second-order valence-corrected chi connectivity index (χ2v) is 6.77. The summed E-state index contributed by atoms with van der Waals surface area (Å²) in [5.41, 5.74) is -2.14. The molecule has 0 amide bonds. The Balaban J connectivity index is 2.13. The molecule has 2 aromatic rings. The highest BCUT2D eigenvalue weighted by Crippen LogP contribution is 2.55. The van der Waals surface area contributed by atoms with Crippen molar-refractivity contribution in [2.75, 3.05) is 0 Å². The van der Waals surface area contributed by atoms with Crippen molar-refractivity contribution in [3.63, 3.8) is 0 Å². The minimum atomic E-state index is -4.35. The Morgan fingerprint density at radius 2 is 1.92 bits per heavy atom. The van der Waals surface area contributed by atoms with Crippen LogP contribution in [0.15, 0.2) is 35.2 Å². The third-order valence-corrected chi connectivity index (χ3v) is 5.16. The van der Waals surface area contributed by atoms with Crippen molar-refractivity contribution >= 4 is 11.2 Å². The summed E-state index contributed by atoms with van der Waals surface area (Å²) in [5.74, 6) is -1.93. The van der Waals surface area contributed by atoms with Gasteiger partial charge in [0.2, 0.25) is 6.17 Å². The van der Waals surface area contributed by atoms with Crippen molar-refractivity contribution in [2.24, 2.45) is 0 Å². The summed E-state index contributed by atoms with van der Waals surface area (Å²) >= 11 is -3.34. The maximum absolute atomic E-state index is 13.8. The second-order valence-electron chi connectivity index (χ2n) is 5.28. The van der Waals surface area contributed by atoms with Gasteiger partial charge in [-0.05, 0) is 24.3 Å². The van der Waals surface area contributed by atoms with Crippen LogP contribution >= 0.6 is 0 Å². The number of halogens is 6. The SMILES string of the molecule is N#Cc1cc(F)cc(Oc2ccc3c(c2C(F)F)[S@+]([O-])C(F)(F)[C@@H]3F)c1. The molecule has 1 aliphatic rings. The average Bonchev–Trinajstić information content (AvgIpc) is 2.74. The molecule has 0 saturated heterocycles. The largest absolute Gasteiger partial charge is 0.607 e. The summed E-state index contributed by atoms with van der Waals surface area (Å²) in [4.78, 5) is -1.04. The molecule has 0 unspecified atom stereocenters. The number of nitriles is 1. The molecule has 0 saturated carbocycles. The monoisotopic (exact) mass is 391 g/mol. The fourth-order valence-electron chi connectivity index (χ4n) is 2.52. The van der Waals surface area contributed by atoms with Gasteiger partial charge >= 0.3 is 5.25 Å². The summed E-state index contributed by atoms with van der Waals surface area (Å²) in [6.45, 7) is 0. The van der Waals surface area contributed by atoms with Crippen LogP contribution in [-0.2, 0) is 11.2 Å². The normalized spacial score (nSPS) is 20.7. The standard InChI is InChI=1S/C16H7F6NO2S/c17-8-3-7(6-23)4-9(5-8)25-11-2-1-10-13(12(11)15(19)20)26(24)16(21,22)14(10)18/h1-5,14-15H/t14-,26+/m1/s1. The third-order valence-electron chi connectivity index (χ3n) is 3.63. The van der Waals surface area contributed by atoms with E-state index in [1.54, 1.807) is 6.07 Å². The van der Waals surface area contributed by atoms with E-state index < -0.39 is 56.6 Å². The van der Waals surface area contributed by atoms with Crippen LogP contribution in [0.4, 0.5) is 26.3 Å². The predicted molar refractivity (Wildman–Crippen MR) is 77.8 cm³/mol. The highest BCUT2D eigenvalue weighted by molar-refractivity contribution is 7.93. The van der Waals surface area contributed by atoms with Crippen molar-refractivity contribution < 1.29 is 35.6 Å². The van der Waals surface area contributed by atoms with Gasteiger partial charge in [-0.1, -0.05) is 0 Å². The van der Waals surface area contributed by atoms with Gasteiger partial charge in [0, 0.05) is 6.07 Å². The smallest absolute Gasteiger partial charge is 0.447 e. The van der Waals surface area contributed by atoms with Gasteiger partial charge in [0.05, 0.1) is 28.4 Å². The number of rotatable bonds is 3. The van der Waals surface area contributed by atoms with Crippen LogP contribution in [-0.4, -0.2) is 9.81 Å². The lowest BCUT2D eigenvalue weighted by atomic mass is 10.1. The van der Waals surface area contributed by atoms with Crippen LogP contribution < -0.4 is 4.74 Å². The Hall–Kier alpha value is -2.38. The molecule has 1 aliphatic heterocycles. The first kappa shape index (κ1) is 18.4. The Labute approximate surface area is 146 Å². The quantitative estimate of drug-likeness (QED) is 0.537. The lowest BCUT2D eigenvalue weighted by Crippen LogP contribution is -2.27.